The van der Waals surface area contributed by atoms with Crippen molar-refractivity contribution in [3.63, 3.8) is 0 Å². The second-order valence-electron chi connectivity index (χ2n) is 4.07. The molecular formula is C11H20N2S. The molecule has 2 nitrogen and oxygen atoms in total. The van der Waals surface area contributed by atoms with Gasteiger partial charge in [-0.05, 0) is 32.9 Å². The normalized spacial score (nSPS) is 11.2. The topological polar surface area (TPSA) is 24.9 Å². The number of likely N-dealkylation sites (N-methyl/N-ethyl adjacent to an activating group) is 1. The Balaban J connectivity index is 2.62. The van der Waals surface area contributed by atoms with Gasteiger partial charge in [-0.3, -0.25) is 0 Å². The maximum absolute atomic E-state index is 4.59. The molecule has 0 saturated heterocycles. The van der Waals surface area contributed by atoms with E-state index in [2.05, 4.69) is 31.1 Å². The van der Waals surface area contributed by atoms with Crippen molar-refractivity contribution in [1.82, 2.24) is 10.3 Å². The summed E-state index contributed by atoms with van der Waals surface area (Å²) in [5.74, 6) is 0.706. The van der Waals surface area contributed by atoms with E-state index in [9.17, 15) is 0 Å². The summed E-state index contributed by atoms with van der Waals surface area (Å²) in [4.78, 5) is 6.03. The number of nitrogens with one attached hydrogen (secondary N) is 1. The van der Waals surface area contributed by atoms with Crippen molar-refractivity contribution in [3.05, 3.63) is 15.6 Å². The van der Waals surface area contributed by atoms with E-state index in [0.29, 0.717) is 5.92 Å². The fraction of sp³-hybridized carbons (Fsp3) is 0.727. The average Bonchev–Trinajstić information content (AvgIpc) is 2.41. The molecule has 1 rings (SSSR count). The molecular weight excluding hydrogens is 192 g/mol. The Hall–Kier alpha value is -0.410. The van der Waals surface area contributed by atoms with Crippen molar-refractivity contribution < 1.29 is 0 Å². The summed E-state index contributed by atoms with van der Waals surface area (Å²) < 4.78 is 0. The van der Waals surface area contributed by atoms with Gasteiger partial charge in [0.25, 0.3) is 0 Å². The Kier molecular flexibility index (Phi) is 4.55. The van der Waals surface area contributed by atoms with Gasteiger partial charge in [-0.15, -0.1) is 11.3 Å². The third-order valence-electron chi connectivity index (χ3n) is 2.12. The number of thiazole rings is 1. The van der Waals surface area contributed by atoms with Crippen molar-refractivity contribution in [2.45, 2.75) is 33.6 Å². The van der Waals surface area contributed by atoms with Gasteiger partial charge < -0.3 is 5.32 Å². The molecule has 0 aliphatic rings. The molecule has 80 valence electrons. The number of aryl methyl sites for hydroxylation is 1. The Morgan fingerprint density at radius 2 is 2.14 bits per heavy atom. The Morgan fingerprint density at radius 3 is 2.71 bits per heavy atom. The highest BCUT2D eigenvalue weighted by Gasteiger charge is 2.08. The minimum absolute atomic E-state index is 0.706. The summed E-state index contributed by atoms with van der Waals surface area (Å²) in [6.07, 6.45) is 2.23. The van der Waals surface area contributed by atoms with E-state index < -0.39 is 0 Å². The molecule has 0 fully saturated rings. The van der Waals surface area contributed by atoms with Crippen LogP contribution in [0, 0.1) is 12.8 Å². The molecule has 14 heavy (non-hydrogen) atoms. The minimum atomic E-state index is 0.706. The van der Waals surface area contributed by atoms with Crippen LogP contribution in [-0.2, 0) is 12.8 Å². The quantitative estimate of drug-likeness (QED) is 0.811. The lowest BCUT2D eigenvalue weighted by Gasteiger charge is -1.98. The smallest absolute Gasteiger partial charge is 0.0933 e. The highest BCUT2D eigenvalue weighted by atomic mass is 32.1. The van der Waals surface area contributed by atoms with Crippen LogP contribution in [0.2, 0.25) is 0 Å². The Morgan fingerprint density at radius 1 is 1.43 bits per heavy atom. The van der Waals surface area contributed by atoms with Gasteiger partial charge >= 0.3 is 0 Å². The maximum Gasteiger partial charge on any atom is 0.0933 e. The summed E-state index contributed by atoms with van der Waals surface area (Å²) in [7, 11) is 1.99. The number of hydrogen-bond acceptors (Lipinski definition) is 3. The lowest BCUT2D eigenvalue weighted by molar-refractivity contribution is 0.643. The van der Waals surface area contributed by atoms with Crippen LogP contribution in [0.5, 0.6) is 0 Å². The van der Waals surface area contributed by atoms with Gasteiger partial charge in [0.2, 0.25) is 0 Å². The van der Waals surface area contributed by atoms with Crippen molar-refractivity contribution in [2.24, 2.45) is 5.92 Å². The standard InChI is InChI=1S/C11H20N2S/c1-8(2)7-11-13-9(3)10(14-11)5-6-12-4/h8,12H,5-7H2,1-4H3. The fourth-order valence-corrected chi connectivity index (χ4v) is 2.68. The van der Waals surface area contributed by atoms with Gasteiger partial charge in [-0.25, -0.2) is 4.98 Å². The van der Waals surface area contributed by atoms with E-state index >= 15 is 0 Å². The molecule has 0 aliphatic heterocycles. The Bertz CT molecular complexity index is 279. The first-order valence-electron chi connectivity index (χ1n) is 5.23. The van der Waals surface area contributed by atoms with Crippen LogP contribution in [0.25, 0.3) is 0 Å². The van der Waals surface area contributed by atoms with E-state index in [1.54, 1.807) is 0 Å². The van der Waals surface area contributed by atoms with Crippen LogP contribution in [0.4, 0.5) is 0 Å². The SMILES string of the molecule is CNCCc1sc(CC(C)C)nc1C. The number of rotatable bonds is 5. The predicted octanol–water partition coefficient (Wildman–Crippen LogP) is 2.41. The van der Waals surface area contributed by atoms with E-state index in [4.69, 9.17) is 0 Å². The third kappa shape index (κ3) is 3.39. The number of hydrogen-bond donors (Lipinski definition) is 1. The molecule has 1 aromatic rings. The van der Waals surface area contributed by atoms with Gasteiger partial charge in [-0.1, -0.05) is 13.8 Å². The largest absolute Gasteiger partial charge is 0.319 e. The van der Waals surface area contributed by atoms with Crippen molar-refractivity contribution in [3.8, 4) is 0 Å². The molecule has 1 heterocycles. The van der Waals surface area contributed by atoms with Crippen LogP contribution in [0.3, 0.4) is 0 Å². The maximum atomic E-state index is 4.59. The first-order chi connectivity index (χ1) is 6.63. The molecule has 0 saturated carbocycles. The predicted molar refractivity (Wildman–Crippen MR) is 63.0 cm³/mol. The van der Waals surface area contributed by atoms with E-state index in [-0.39, 0.29) is 0 Å². The minimum Gasteiger partial charge on any atom is -0.319 e. The van der Waals surface area contributed by atoms with Crippen molar-refractivity contribution >= 4 is 11.3 Å². The highest BCUT2D eigenvalue weighted by Crippen LogP contribution is 2.20. The van der Waals surface area contributed by atoms with Crippen LogP contribution in [0.15, 0.2) is 0 Å². The summed E-state index contributed by atoms with van der Waals surface area (Å²) >= 11 is 1.88. The summed E-state index contributed by atoms with van der Waals surface area (Å²) in [5.41, 5.74) is 1.22. The number of nitrogens with zero attached hydrogens (tertiary/aromatic N) is 1. The van der Waals surface area contributed by atoms with Crippen LogP contribution in [-0.4, -0.2) is 18.6 Å². The lowest BCUT2D eigenvalue weighted by atomic mass is 10.1. The molecule has 0 bridgehead atoms. The molecule has 1 aromatic heterocycles. The summed E-state index contributed by atoms with van der Waals surface area (Å²) in [6, 6.07) is 0. The molecule has 0 radical (unpaired) electrons. The van der Waals surface area contributed by atoms with Crippen LogP contribution in [0.1, 0.15) is 29.4 Å². The fourth-order valence-electron chi connectivity index (χ4n) is 1.40. The zero-order chi connectivity index (χ0) is 10.6. The Labute approximate surface area is 90.8 Å². The molecule has 0 aromatic carbocycles. The monoisotopic (exact) mass is 212 g/mol. The van der Waals surface area contributed by atoms with Crippen LogP contribution < -0.4 is 5.32 Å². The second-order valence-corrected chi connectivity index (χ2v) is 5.24. The van der Waals surface area contributed by atoms with Gasteiger partial charge in [0.1, 0.15) is 0 Å². The van der Waals surface area contributed by atoms with E-state index in [1.807, 2.05) is 18.4 Å². The highest BCUT2D eigenvalue weighted by molar-refractivity contribution is 7.11. The molecule has 0 unspecified atom stereocenters. The van der Waals surface area contributed by atoms with E-state index in [0.717, 1.165) is 19.4 Å². The first kappa shape index (κ1) is 11.7. The molecule has 0 spiro atoms. The van der Waals surface area contributed by atoms with Crippen LogP contribution >= 0.6 is 11.3 Å². The van der Waals surface area contributed by atoms with Gasteiger partial charge in [0.05, 0.1) is 10.7 Å². The van der Waals surface area contributed by atoms with Crippen molar-refractivity contribution in [2.75, 3.05) is 13.6 Å². The summed E-state index contributed by atoms with van der Waals surface area (Å²) in [6.45, 7) is 7.64. The van der Waals surface area contributed by atoms with Gasteiger partial charge in [0, 0.05) is 11.3 Å². The van der Waals surface area contributed by atoms with E-state index in [1.165, 1.54) is 15.6 Å². The zero-order valence-electron chi connectivity index (χ0n) is 9.55. The third-order valence-corrected chi connectivity index (χ3v) is 3.36. The molecule has 0 atom stereocenters. The zero-order valence-corrected chi connectivity index (χ0v) is 10.4. The van der Waals surface area contributed by atoms with Gasteiger partial charge in [0.15, 0.2) is 0 Å². The molecule has 3 heteroatoms. The van der Waals surface area contributed by atoms with Gasteiger partial charge in [-0.2, -0.15) is 0 Å². The average molecular weight is 212 g/mol. The number of aromatic nitrogens is 1. The molecule has 0 aliphatic carbocycles. The molecule has 1 N–H and O–H groups in total. The lowest BCUT2D eigenvalue weighted by Crippen LogP contribution is -2.09. The van der Waals surface area contributed by atoms with Crippen molar-refractivity contribution in [1.29, 1.82) is 0 Å². The molecule has 0 amide bonds. The first-order valence-corrected chi connectivity index (χ1v) is 6.05. The second kappa shape index (κ2) is 5.47. The summed E-state index contributed by atoms with van der Waals surface area (Å²) in [5, 5.41) is 4.47.